The van der Waals surface area contributed by atoms with Crippen molar-refractivity contribution in [2.24, 2.45) is 0 Å². The van der Waals surface area contributed by atoms with Crippen LogP contribution in [0, 0.1) is 0 Å². The molecular weight excluding hydrogens is 487 g/mol. The molecule has 2 aromatic carbocycles. The number of piperazine rings is 1. The Morgan fingerprint density at radius 1 is 0.857 bits per heavy atom. The van der Waals surface area contributed by atoms with Gasteiger partial charge < -0.3 is 30.7 Å². The van der Waals surface area contributed by atoms with Crippen LogP contribution in [0.25, 0.3) is 0 Å². The van der Waals surface area contributed by atoms with Crippen LogP contribution < -0.4 is 20.9 Å². The van der Waals surface area contributed by atoms with Gasteiger partial charge >= 0.3 is 6.03 Å². The van der Waals surface area contributed by atoms with Gasteiger partial charge in [0, 0.05) is 86.7 Å². The highest BCUT2D eigenvalue weighted by atomic mass is 35.5. The normalized spacial score (nSPS) is 14.4. The number of amides is 3. The summed E-state index contributed by atoms with van der Waals surface area (Å²) in [7, 11) is 2.11. The summed E-state index contributed by atoms with van der Waals surface area (Å²) in [6.07, 6.45) is 0.436. The fraction of sp³-hybridized carbons (Fsp3) is 0.440. The topological polar surface area (TPSA) is 80.0 Å². The van der Waals surface area contributed by atoms with Gasteiger partial charge in [-0.15, -0.1) is 23.2 Å². The highest BCUT2D eigenvalue weighted by molar-refractivity contribution is 6.18. The number of rotatable bonds is 11. The van der Waals surface area contributed by atoms with Gasteiger partial charge in [-0.2, -0.15) is 0 Å². The molecule has 1 heterocycles. The van der Waals surface area contributed by atoms with Crippen molar-refractivity contribution in [1.82, 2.24) is 9.80 Å². The Balaban J connectivity index is 1.47. The highest BCUT2D eigenvalue weighted by Crippen LogP contribution is 2.19. The van der Waals surface area contributed by atoms with E-state index < -0.39 is 0 Å². The van der Waals surface area contributed by atoms with Crippen LogP contribution in [0.1, 0.15) is 6.42 Å². The Labute approximate surface area is 217 Å². The molecule has 1 fully saturated rings. The number of likely N-dealkylation sites (N-methyl/N-ethyl adjacent to an activating group) is 1. The molecule has 0 spiro atoms. The van der Waals surface area contributed by atoms with Crippen molar-refractivity contribution in [1.29, 1.82) is 0 Å². The first kappa shape index (κ1) is 27.1. The molecule has 190 valence electrons. The number of anilines is 4. The van der Waals surface area contributed by atoms with Gasteiger partial charge in [0.25, 0.3) is 0 Å². The summed E-state index contributed by atoms with van der Waals surface area (Å²) in [5.41, 5.74) is 2.89. The maximum Gasteiger partial charge on any atom is 0.323 e. The fourth-order valence-corrected chi connectivity index (χ4v) is 4.26. The van der Waals surface area contributed by atoms with E-state index in [4.69, 9.17) is 23.2 Å². The van der Waals surface area contributed by atoms with E-state index in [1.54, 1.807) is 18.2 Å². The minimum atomic E-state index is -0.366. The highest BCUT2D eigenvalue weighted by Gasteiger charge is 2.15. The van der Waals surface area contributed by atoms with Crippen LogP contribution in [-0.4, -0.2) is 86.4 Å². The van der Waals surface area contributed by atoms with Crippen molar-refractivity contribution in [3.05, 3.63) is 48.5 Å². The maximum absolute atomic E-state index is 12.5. The van der Waals surface area contributed by atoms with E-state index >= 15 is 0 Å². The van der Waals surface area contributed by atoms with Gasteiger partial charge in [-0.25, -0.2) is 4.79 Å². The van der Waals surface area contributed by atoms with Crippen molar-refractivity contribution in [3.8, 4) is 0 Å². The fourth-order valence-electron chi connectivity index (χ4n) is 3.85. The number of carbonyl (C=O) groups is 2. The number of alkyl halides is 2. The number of nitrogens with zero attached hydrogens (tertiary/aromatic N) is 3. The number of hydrogen-bond acceptors (Lipinski definition) is 5. The second-order valence-electron chi connectivity index (χ2n) is 8.51. The number of hydrogen-bond donors (Lipinski definition) is 3. The van der Waals surface area contributed by atoms with E-state index in [2.05, 4.69) is 37.7 Å². The Morgan fingerprint density at radius 2 is 1.46 bits per heavy atom. The second-order valence-corrected chi connectivity index (χ2v) is 9.27. The zero-order valence-electron chi connectivity index (χ0n) is 20.1. The molecular formula is C25H34Cl2N6O2. The lowest BCUT2D eigenvalue weighted by molar-refractivity contribution is -0.116. The van der Waals surface area contributed by atoms with Gasteiger partial charge in [-0.05, 0) is 49.5 Å². The molecule has 3 N–H and O–H groups in total. The maximum atomic E-state index is 12.5. The predicted molar refractivity (Wildman–Crippen MR) is 146 cm³/mol. The SMILES string of the molecule is CN1CCN(CCC(=O)Nc2cccc(NC(=O)Nc3ccc(N(CCCl)CCCl)cc3)c2)CC1. The molecule has 0 atom stereocenters. The van der Waals surface area contributed by atoms with Crippen LogP contribution in [0.15, 0.2) is 48.5 Å². The summed E-state index contributed by atoms with van der Waals surface area (Å²) < 4.78 is 0. The van der Waals surface area contributed by atoms with Crippen LogP contribution in [0.2, 0.25) is 0 Å². The molecule has 2 aromatic rings. The number of carbonyl (C=O) groups excluding carboxylic acids is 2. The zero-order valence-corrected chi connectivity index (χ0v) is 21.6. The van der Waals surface area contributed by atoms with Crippen molar-refractivity contribution < 1.29 is 9.59 Å². The molecule has 3 rings (SSSR count). The molecule has 1 saturated heterocycles. The van der Waals surface area contributed by atoms with Gasteiger partial charge in [-0.1, -0.05) is 6.07 Å². The average molecular weight is 521 g/mol. The minimum Gasteiger partial charge on any atom is -0.369 e. The first-order chi connectivity index (χ1) is 17.0. The first-order valence-electron chi connectivity index (χ1n) is 11.8. The summed E-state index contributed by atoms with van der Waals surface area (Å²) >= 11 is 11.7. The molecule has 1 aliphatic rings. The molecule has 8 nitrogen and oxygen atoms in total. The van der Waals surface area contributed by atoms with E-state index in [-0.39, 0.29) is 11.9 Å². The third kappa shape index (κ3) is 9.22. The molecule has 1 aliphatic heterocycles. The minimum absolute atomic E-state index is 0.0389. The molecule has 0 radical (unpaired) electrons. The summed E-state index contributed by atoms with van der Waals surface area (Å²) in [4.78, 5) is 31.6. The summed E-state index contributed by atoms with van der Waals surface area (Å²) in [5.74, 6) is 0.979. The number of halogens is 2. The molecule has 0 aliphatic carbocycles. The van der Waals surface area contributed by atoms with Gasteiger partial charge in [0.2, 0.25) is 5.91 Å². The van der Waals surface area contributed by atoms with Crippen molar-refractivity contribution >= 4 is 57.9 Å². The Morgan fingerprint density at radius 3 is 2.09 bits per heavy atom. The van der Waals surface area contributed by atoms with E-state index in [1.807, 2.05) is 30.3 Å². The van der Waals surface area contributed by atoms with E-state index in [0.29, 0.717) is 48.3 Å². The number of nitrogens with one attached hydrogen (secondary N) is 3. The molecule has 0 aromatic heterocycles. The molecule has 0 unspecified atom stereocenters. The van der Waals surface area contributed by atoms with Crippen LogP contribution in [-0.2, 0) is 4.79 Å². The third-order valence-electron chi connectivity index (χ3n) is 5.85. The Kier molecular flexibility index (Phi) is 10.9. The largest absolute Gasteiger partial charge is 0.369 e. The van der Waals surface area contributed by atoms with E-state index in [9.17, 15) is 9.59 Å². The van der Waals surface area contributed by atoms with Crippen LogP contribution in [0.4, 0.5) is 27.5 Å². The number of urea groups is 1. The van der Waals surface area contributed by atoms with Gasteiger partial charge in [-0.3, -0.25) is 4.79 Å². The zero-order chi connectivity index (χ0) is 25.0. The predicted octanol–water partition coefficient (Wildman–Crippen LogP) is 4.19. The molecule has 0 bridgehead atoms. The lowest BCUT2D eigenvalue weighted by atomic mass is 10.2. The van der Waals surface area contributed by atoms with Crippen LogP contribution in [0.5, 0.6) is 0 Å². The lowest BCUT2D eigenvalue weighted by Crippen LogP contribution is -2.45. The quantitative estimate of drug-likeness (QED) is 0.387. The average Bonchev–Trinajstić information content (AvgIpc) is 2.84. The summed E-state index contributed by atoms with van der Waals surface area (Å²) in [6.45, 7) is 6.17. The van der Waals surface area contributed by atoms with E-state index in [0.717, 1.165) is 38.4 Å². The second kappa shape index (κ2) is 14.1. The number of benzene rings is 2. The first-order valence-corrected chi connectivity index (χ1v) is 12.9. The molecule has 35 heavy (non-hydrogen) atoms. The third-order valence-corrected chi connectivity index (χ3v) is 6.19. The monoisotopic (exact) mass is 520 g/mol. The molecule has 3 amide bonds. The molecule has 10 heteroatoms. The van der Waals surface area contributed by atoms with Crippen LogP contribution in [0.3, 0.4) is 0 Å². The molecule has 0 saturated carbocycles. The summed E-state index contributed by atoms with van der Waals surface area (Å²) in [6, 6.07) is 14.3. The Hall–Kier alpha value is -2.52. The van der Waals surface area contributed by atoms with Crippen molar-refractivity contribution in [2.45, 2.75) is 6.42 Å². The lowest BCUT2D eigenvalue weighted by Gasteiger charge is -2.32. The van der Waals surface area contributed by atoms with E-state index in [1.165, 1.54) is 0 Å². The van der Waals surface area contributed by atoms with Crippen molar-refractivity contribution in [2.75, 3.05) is 85.5 Å². The Bertz CT molecular complexity index is 945. The van der Waals surface area contributed by atoms with Gasteiger partial charge in [0.05, 0.1) is 0 Å². The summed E-state index contributed by atoms with van der Waals surface area (Å²) in [5, 5.41) is 8.55. The van der Waals surface area contributed by atoms with Gasteiger partial charge in [0.15, 0.2) is 0 Å². The standard InChI is InChI=1S/C25H34Cl2N6O2/c1-31-15-17-32(18-16-31)12-9-24(34)28-21-3-2-4-22(19-21)30-25(35)29-20-5-7-23(8-6-20)33(13-10-26)14-11-27/h2-8,19H,9-18H2,1H3,(H,28,34)(H2,29,30,35). The van der Waals surface area contributed by atoms with Gasteiger partial charge in [0.1, 0.15) is 0 Å². The smallest absolute Gasteiger partial charge is 0.323 e. The van der Waals surface area contributed by atoms with Crippen molar-refractivity contribution in [3.63, 3.8) is 0 Å². The van der Waals surface area contributed by atoms with Crippen LogP contribution >= 0.6 is 23.2 Å².